The van der Waals surface area contributed by atoms with Gasteiger partial charge in [-0.3, -0.25) is 9.69 Å². The molecule has 2 aliphatic heterocycles. The van der Waals surface area contributed by atoms with E-state index < -0.39 is 53.9 Å². The van der Waals surface area contributed by atoms with Gasteiger partial charge in [0.1, 0.15) is 17.7 Å². The van der Waals surface area contributed by atoms with E-state index in [0.29, 0.717) is 47.3 Å². The molecule has 3 heterocycles. The number of amides is 1. The Morgan fingerprint density at radius 3 is 2.45 bits per heavy atom. The number of ether oxygens (including phenoxy) is 2. The zero-order chi connectivity index (χ0) is 33.6. The Balaban J connectivity index is 1.36. The fourth-order valence-corrected chi connectivity index (χ4v) is 6.73. The fourth-order valence-electron chi connectivity index (χ4n) is 6.73. The Morgan fingerprint density at radius 1 is 1.06 bits per heavy atom. The highest BCUT2D eigenvalue weighted by molar-refractivity contribution is 5.76. The standard InChI is InChI=1S/C34H34F5N3O5/c1-18-30(22-13-23(31(35)36)15-24(14-22)34(37,38)39)47-33(45)42(18)17-27-25(7-9-29(40-27)41-10-3-11-41)26-16-20(6-8-28(26)46-2)19-4-5-21(12-19)32(43)44/h6-9,13-16,18-19,21,30-31H,3-5,10-12,17H2,1-2H3,(H,43,44). The average molecular weight is 660 g/mol. The van der Waals surface area contributed by atoms with Gasteiger partial charge in [0, 0.05) is 29.8 Å². The zero-order valence-electron chi connectivity index (χ0n) is 25.8. The number of cyclic esters (lactones) is 1. The maximum absolute atomic E-state index is 13.6. The number of carboxylic acids is 1. The number of carbonyl (C=O) groups is 2. The average Bonchev–Trinajstić information content (AvgIpc) is 3.61. The Labute approximate surface area is 268 Å². The van der Waals surface area contributed by atoms with Crippen molar-refractivity contribution in [2.24, 2.45) is 5.92 Å². The van der Waals surface area contributed by atoms with E-state index in [9.17, 15) is 36.6 Å². The molecule has 0 bridgehead atoms. The molecule has 13 heteroatoms. The molecule has 1 aliphatic carbocycles. The minimum Gasteiger partial charge on any atom is -0.496 e. The summed E-state index contributed by atoms with van der Waals surface area (Å²) >= 11 is 0. The van der Waals surface area contributed by atoms with Crippen LogP contribution in [0, 0.1) is 5.92 Å². The van der Waals surface area contributed by atoms with Crippen LogP contribution < -0.4 is 9.64 Å². The van der Waals surface area contributed by atoms with Gasteiger partial charge in [-0.05, 0) is 92.1 Å². The number of anilines is 1. The number of hydrogen-bond acceptors (Lipinski definition) is 6. The van der Waals surface area contributed by atoms with Crippen molar-refractivity contribution in [2.45, 2.75) is 69.8 Å². The van der Waals surface area contributed by atoms with Crippen molar-refractivity contribution in [3.05, 3.63) is 76.5 Å². The fraction of sp³-hybridized carbons (Fsp3) is 0.441. The largest absolute Gasteiger partial charge is 0.496 e. The van der Waals surface area contributed by atoms with E-state index in [-0.39, 0.29) is 18.0 Å². The first kappa shape index (κ1) is 32.5. The molecule has 47 heavy (non-hydrogen) atoms. The molecular weight excluding hydrogens is 625 g/mol. The molecule has 1 saturated carbocycles. The molecule has 0 radical (unpaired) electrons. The molecule has 1 aromatic heterocycles. The van der Waals surface area contributed by atoms with Gasteiger partial charge in [0.05, 0.1) is 36.9 Å². The van der Waals surface area contributed by atoms with Crippen LogP contribution in [0.15, 0.2) is 48.5 Å². The van der Waals surface area contributed by atoms with Crippen molar-refractivity contribution in [1.29, 1.82) is 0 Å². The second-order valence-corrected chi connectivity index (χ2v) is 12.4. The molecule has 1 amide bonds. The van der Waals surface area contributed by atoms with Gasteiger partial charge in [0.15, 0.2) is 0 Å². The maximum atomic E-state index is 13.6. The molecule has 250 valence electrons. The van der Waals surface area contributed by atoms with E-state index in [1.807, 2.05) is 30.3 Å². The number of aromatic nitrogens is 1. The summed E-state index contributed by atoms with van der Waals surface area (Å²) < 4.78 is 79.3. The lowest BCUT2D eigenvalue weighted by Gasteiger charge is -2.33. The van der Waals surface area contributed by atoms with Crippen LogP contribution in [0.3, 0.4) is 0 Å². The Morgan fingerprint density at radius 2 is 1.83 bits per heavy atom. The molecule has 1 N–H and O–H groups in total. The molecular formula is C34H34F5N3O5. The van der Waals surface area contributed by atoms with E-state index in [1.165, 1.54) is 12.0 Å². The van der Waals surface area contributed by atoms with Gasteiger partial charge in [0.25, 0.3) is 6.43 Å². The predicted molar refractivity (Wildman–Crippen MR) is 161 cm³/mol. The number of methoxy groups -OCH3 is 1. The third kappa shape index (κ3) is 6.44. The number of halogens is 5. The van der Waals surface area contributed by atoms with Gasteiger partial charge in [-0.15, -0.1) is 0 Å². The molecule has 4 atom stereocenters. The van der Waals surface area contributed by atoms with Crippen LogP contribution in [-0.4, -0.2) is 53.3 Å². The highest BCUT2D eigenvalue weighted by Crippen LogP contribution is 2.44. The quantitative estimate of drug-likeness (QED) is 0.233. The van der Waals surface area contributed by atoms with Gasteiger partial charge in [-0.2, -0.15) is 13.2 Å². The van der Waals surface area contributed by atoms with E-state index in [2.05, 4.69) is 4.90 Å². The summed E-state index contributed by atoms with van der Waals surface area (Å²) in [4.78, 5) is 33.2. The van der Waals surface area contributed by atoms with Crippen LogP contribution in [0.2, 0.25) is 0 Å². The highest BCUT2D eigenvalue weighted by atomic mass is 19.4. The van der Waals surface area contributed by atoms with Crippen molar-refractivity contribution < 1.29 is 46.1 Å². The Hall–Kier alpha value is -4.42. The molecule has 3 aliphatic rings. The van der Waals surface area contributed by atoms with Crippen LogP contribution in [0.25, 0.3) is 11.1 Å². The second-order valence-electron chi connectivity index (χ2n) is 12.4. The van der Waals surface area contributed by atoms with Crippen molar-refractivity contribution in [1.82, 2.24) is 9.88 Å². The summed E-state index contributed by atoms with van der Waals surface area (Å²) in [5.41, 5.74) is 0.554. The van der Waals surface area contributed by atoms with Gasteiger partial charge < -0.3 is 19.5 Å². The molecule has 2 aromatic carbocycles. The van der Waals surface area contributed by atoms with E-state index in [4.69, 9.17) is 14.5 Å². The molecule has 8 nitrogen and oxygen atoms in total. The van der Waals surface area contributed by atoms with Gasteiger partial charge in [0.2, 0.25) is 0 Å². The van der Waals surface area contributed by atoms with Crippen LogP contribution in [0.5, 0.6) is 5.75 Å². The van der Waals surface area contributed by atoms with E-state index in [1.54, 1.807) is 6.92 Å². The lowest BCUT2D eigenvalue weighted by atomic mass is 9.91. The molecule has 3 fully saturated rings. The number of rotatable bonds is 9. The first-order chi connectivity index (χ1) is 22.3. The monoisotopic (exact) mass is 659 g/mol. The Kier molecular flexibility index (Phi) is 8.75. The van der Waals surface area contributed by atoms with Crippen LogP contribution in [-0.2, 0) is 22.3 Å². The second kappa shape index (κ2) is 12.6. The maximum Gasteiger partial charge on any atom is 0.416 e. The van der Waals surface area contributed by atoms with Gasteiger partial charge in [-0.25, -0.2) is 18.6 Å². The first-order valence-corrected chi connectivity index (χ1v) is 15.5. The predicted octanol–water partition coefficient (Wildman–Crippen LogP) is 7.97. The summed E-state index contributed by atoms with van der Waals surface area (Å²) in [5.74, 6) is 0.0520. The third-order valence-corrected chi connectivity index (χ3v) is 9.50. The molecule has 6 rings (SSSR count). The summed E-state index contributed by atoms with van der Waals surface area (Å²) in [5, 5.41) is 9.52. The van der Waals surface area contributed by atoms with Crippen molar-refractivity contribution in [3.8, 4) is 16.9 Å². The third-order valence-electron chi connectivity index (χ3n) is 9.50. The van der Waals surface area contributed by atoms with E-state index >= 15 is 0 Å². The summed E-state index contributed by atoms with van der Waals surface area (Å²) in [6, 6.07) is 10.7. The van der Waals surface area contributed by atoms with Crippen LogP contribution >= 0.6 is 0 Å². The highest BCUT2D eigenvalue weighted by Gasteiger charge is 2.42. The smallest absolute Gasteiger partial charge is 0.416 e. The van der Waals surface area contributed by atoms with Crippen molar-refractivity contribution in [3.63, 3.8) is 0 Å². The number of pyridine rings is 1. The zero-order valence-corrected chi connectivity index (χ0v) is 25.8. The summed E-state index contributed by atoms with van der Waals surface area (Å²) in [7, 11) is 1.53. The van der Waals surface area contributed by atoms with Crippen LogP contribution in [0.4, 0.5) is 32.6 Å². The SMILES string of the molecule is COc1ccc(C2CCC(C(=O)O)C2)cc1-c1ccc(N2CCC2)nc1CN1C(=O)OC(c2cc(C(F)F)cc(C(F)(F)F)c2)C1C. The minimum absolute atomic E-state index is 0.0393. The van der Waals surface area contributed by atoms with Gasteiger partial charge >= 0.3 is 18.2 Å². The number of hydrogen-bond donors (Lipinski definition) is 1. The normalized spacial score (nSPS) is 22.9. The molecule has 3 aromatic rings. The number of benzene rings is 2. The minimum atomic E-state index is -4.87. The lowest BCUT2D eigenvalue weighted by Crippen LogP contribution is -2.38. The summed E-state index contributed by atoms with van der Waals surface area (Å²) in [6.07, 6.45) is -7.24. The lowest BCUT2D eigenvalue weighted by molar-refractivity contribution is -0.141. The van der Waals surface area contributed by atoms with Crippen molar-refractivity contribution >= 4 is 17.9 Å². The topological polar surface area (TPSA) is 92.2 Å². The number of nitrogens with zero attached hydrogens (tertiary/aromatic N) is 3. The summed E-state index contributed by atoms with van der Waals surface area (Å²) in [6.45, 7) is 3.13. The van der Waals surface area contributed by atoms with Gasteiger partial charge in [-0.1, -0.05) is 6.07 Å². The number of aliphatic carboxylic acids is 1. The number of carbonyl (C=O) groups excluding carboxylic acids is 1. The number of alkyl halides is 5. The first-order valence-electron chi connectivity index (χ1n) is 15.5. The Bertz CT molecular complexity index is 1680. The molecule has 0 spiro atoms. The van der Waals surface area contributed by atoms with E-state index in [0.717, 1.165) is 43.6 Å². The van der Waals surface area contributed by atoms with Crippen molar-refractivity contribution in [2.75, 3.05) is 25.1 Å². The van der Waals surface area contributed by atoms with Crippen LogP contribution in [0.1, 0.15) is 79.0 Å². The number of carboxylic acid groups (broad SMARTS) is 1. The molecule has 4 unspecified atom stereocenters. The molecule has 2 saturated heterocycles.